The topological polar surface area (TPSA) is 79.4 Å². The Bertz CT molecular complexity index is 1380. The summed E-state index contributed by atoms with van der Waals surface area (Å²) in [6.45, 7) is 1.61. The zero-order valence-corrected chi connectivity index (χ0v) is 19.0. The number of carbonyl (C=O) groups excluding carboxylic acids is 1. The Kier molecular flexibility index (Phi) is 5.94. The smallest absolute Gasteiger partial charge is 0.245 e. The van der Waals surface area contributed by atoms with Crippen molar-refractivity contribution in [2.45, 2.75) is 6.92 Å². The van der Waals surface area contributed by atoms with E-state index in [1.165, 1.54) is 17.7 Å². The van der Waals surface area contributed by atoms with Gasteiger partial charge in [0, 0.05) is 11.3 Å². The van der Waals surface area contributed by atoms with Crippen LogP contribution in [0.1, 0.15) is 5.56 Å². The molecule has 9 heteroatoms. The number of halogens is 1. The van der Waals surface area contributed by atoms with E-state index in [1.807, 2.05) is 31.2 Å². The van der Waals surface area contributed by atoms with Gasteiger partial charge < -0.3 is 5.32 Å². The maximum Gasteiger partial charge on any atom is 0.245 e. The summed E-state index contributed by atoms with van der Waals surface area (Å²) in [5.74, 6) is -1.00. The summed E-state index contributed by atoms with van der Waals surface area (Å²) >= 11 is 1.60. The fourth-order valence-corrected chi connectivity index (χ4v) is 5.12. The largest absolute Gasteiger partial charge is 0.325 e. The number of hydrogen-bond acceptors (Lipinski definition) is 5. The predicted molar refractivity (Wildman–Crippen MR) is 127 cm³/mol. The molecule has 0 atom stereocenters. The Morgan fingerprint density at radius 3 is 2.41 bits per heavy atom. The van der Waals surface area contributed by atoms with Gasteiger partial charge in [0.25, 0.3) is 0 Å². The van der Waals surface area contributed by atoms with Crippen LogP contribution in [0.2, 0.25) is 0 Å². The van der Waals surface area contributed by atoms with Gasteiger partial charge in [0.15, 0.2) is 0 Å². The quantitative estimate of drug-likeness (QED) is 0.439. The molecule has 0 aliphatic carbocycles. The van der Waals surface area contributed by atoms with Gasteiger partial charge in [0.2, 0.25) is 15.9 Å². The Hall–Kier alpha value is -3.30. The molecule has 0 saturated carbocycles. The van der Waals surface area contributed by atoms with E-state index in [0.29, 0.717) is 5.69 Å². The van der Waals surface area contributed by atoms with Crippen LogP contribution in [0.15, 0.2) is 66.7 Å². The van der Waals surface area contributed by atoms with Gasteiger partial charge in [-0.2, -0.15) is 0 Å². The van der Waals surface area contributed by atoms with Crippen molar-refractivity contribution in [1.29, 1.82) is 0 Å². The maximum atomic E-state index is 13.2. The monoisotopic (exact) mass is 469 g/mol. The van der Waals surface area contributed by atoms with Gasteiger partial charge >= 0.3 is 0 Å². The van der Waals surface area contributed by atoms with Crippen molar-refractivity contribution in [2.75, 3.05) is 22.4 Å². The van der Waals surface area contributed by atoms with Crippen molar-refractivity contribution in [3.63, 3.8) is 0 Å². The highest BCUT2D eigenvalue weighted by molar-refractivity contribution is 7.92. The van der Waals surface area contributed by atoms with Crippen molar-refractivity contribution >= 4 is 48.9 Å². The molecule has 32 heavy (non-hydrogen) atoms. The first-order valence-corrected chi connectivity index (χ1v) is 12.4. The lowest BCUT2D eigenvalue weighted by Gasteiger charge is -2.21. The van der Waals surface area contributed by atoms with Gasteiger partial charge in [0.1, 0.15) is 17.4 Å². The number of benzene rings is 3. The molecule has 0 aliphatic rings. The number of aromatic nitrogens is 1. The molecule has 0 unspecified atom stereocenters. The first-order valence-electron chi connectivity index (χ1n) is 9.70. The molecule has 0 saturated heterocycles. The fourth-order valence-electron chi connectivity index (χ4n) is 3.19. The molecule has 0 aliphatic heterocycles. The van der Waals surface area contributed by atoms with Crippen molar-refractivity contribution in [3.05, 3.63) is 78.1 Å². The van der Waals surface area contributed by atoms with Gasteiger partial charge in [-0.05, 0) is 73.2 Å². The van der Waals surface area contributed by atoms with E-state index < -0.39 is 28.3 Å². The zero-order valence-electron chi connectivity index (χ0n) is 17.4. The molecular formula is C23H20FN3O3S2. The lowest BCUT2D eigenvalue weighted by Crippen LogP contribution is -2.37. The van der Waals surface area contributed by atoms with Gasteiger partial charge in [-0.1, -0.05) is 6.07 Å². The van der Waals surface area contributed by atoms with E-state index in [-0.39, 0.29) is 5.69 Å². The van der Waals surface area contributed by atoms with Crippen LogP contribution in [0, 0.1) is 12.7 Å². The van der Waals surface area contributed by atoms with Crippen molar-refractivity contribution < 1.29 is 17.6 Å². The van der Waals surface area contributed by atoms with Crippen LogP contribution in [-0.2, 0) is 14.8 Å². The Labute approximate surface area is 189 Å². The molecule has 0 bridgehead atoms. The van der Waals surface area contributed by atoms with Gasteiger partial charge in [-0.25, -0.2) is 17.8 Å². The standard InChI is InChI=1S/C23H20FN3O3S2/c1-15-3-12-20-21(13-15)31-23(26-20)16-4-8-18(9-5-16)25-22(28)14-27(32(2,29)30)19-10-6-17(24)7-11-19/h3-13H,14H2,1-2H3,(H,25,28). The Morgan fingerprint density at radius 2 is 1.75 bits per heavy atom. The molecule has 164 valence electrons. The first-order chi connectivity index (χ1) is 15.2. The highest BCUT2D eigenvalue weighted by Crippen LogP contribution is 2.31. The maximum absolute atomic E-state index is 13.2. The molecule has 1 heterocycles. The van der Waals surface area contributed by atoms with Crippen LogP contribution < -0.4 is 9.62 Å². The molecule has 4 aromatic rings. The number of aryl methyl sites for hydroxylation is 1. The fraction of sp³-hybridized carbons (Fsp3) is 0.130. The third kappa shape index (κ3) is 4.95. The van der Waals surface area contributed by atoms with Gasteiger partial charge in [0.05, 0.1) is 22.2 Å². The molecular weight excluding hydrogens is 449 g/mol. The predicted octanol–water partition coefficient (Wildman–Crippen LogP) is 4.82. The molecule has 3 aromatic carbocycles. The summed E-state index contributed by atoms with van der Waals surface area (Å²) in [6, 6.07) is 18.2. The molecule has 0 radical (unpaired) electrons. The SMILES string of the molecule is Cc1ccc2nc(-c3ccc(NC(=O)CN(c4ccc(F)cc4)S(C)(=O)=O)cc3)sc2c1. The minimum Gasteiger partial charge on any atom is -0.325 e. The molecule has 1 N–H and O–H groups in total. The minimum atomic E-state index is -3.73. The number of carbonyl (C=O) groups is 1. The average Bonchev–Trinajstić information content (AvgIpc) is 3.16. The van der Waals surface area contributed by atoms with Crippen molar-refractivity contribution in [2.24, 2.45) is 0 Å². The lowest BCUT2D eigenvalue weighted by atomic mass is 10.2. The number of amides is 1. The summed E-state index contributed by atoms with van der Waals surface area (Å²) in [4.78, 5) is 17.2. The molecule has 0 fully saturated rings. The number of anilines is 2. The van der Waals surface area contributed by atoms with Gasteiger partial charge in [-0.15, -0.1) is 11.3 Å². The number of nitrogens with one attached hydrogen (secondary N) is 1. The molecule has 0 spiro atoms. The summed E-state index contributed by atoms with van der Waals surface area (Å²) < 4.78 is 39.5. The van der Waals surface area contributed by atoms with Gasteiger partial charge in [-0.3, -0.25) is 9.10 Å². The van der Waals surface area contributed by atoms with Crippen LogP contribution in [0.4, 0.5) is 15.8 Å². The van der Waals surface area contributed by atoms with E-state index in [4.69, 9.17) is 0 Å². The highest BCUT2D eigenvalue weighted by atomic mass is 32.2. The number of sulfonamides is 1. The molecule has 6 nitrogen and oxygen atoms in total. The van der Waals surface area contributed by atoms with E-state index in [1.54, 1.807) is 23.5 Å². The molecule has 1 amide bonds. The van der Waals surface area contributed by atoms with Crippen LogP contribution in [0.25, 0.3) is 20.8 Å². The number of rotatable bonds is 6. The van der Waals surface area contributed by atoms with Crippen LogP contribution >= 0.6 is 11.3 Å². The summed E-state index contributed by atoms with van der Waals surface area (Å²) in [6.07, 6.45) is 0.998. The second kappa shape index (κ2) is 8.68. The van der Waals surface area contributed by atoms with Crippen molar-refractivity contribution in [1.82, 2.24) is 4.98 Å². The van der Waals surface area contributed by atoms with Crippen LogP contribution in [0.5, 0.6) is 0 Å². The third-order valence-corrected chi connectivity index (χ3v) is 6.97. The van der Waals surface area contributed by atoms with Crippen LogP contribution in [0.3, 0.4) is 0 Å². The third-order valence-electron chi connectivity index (χ3n) is 4.76. The lowest BCUT2D eigenvalue weighted by molar-refractivity contribution is -0.114. The minimum absolute atomic E-state index is 0.213. The number of nitrogens with zero attached hydrogens (tertiary/aromatic N) is 2. The normalized spacial score (nSPS) is 11.5. The van der Waals surface area contributed by atoms with Crippen molar-refractivity contribution in [3.8, 4) is 10.6 Å². The summed E-state index contributed by atoms with van der Waals surface area (Å²) in [5, 5.41) is 3.58. The van der Waals surface area contributed by atoms with E-state index >= 15 is 0 Å². The zero-order chi connectivity index (χ0) is 22.9. The average molecular weight is 470 g/mol. The van der Waals surface area contributed by atoms with E-state index in [2.05, 4.69) is 16.4 Å². The highest BCUT2D eigenvalue weighted by Gasteiger charge is 2.21. The number of thiazole rings is 1. The van der Waals surface area contributed by atoms with E-state index in [0.717, 1.165) is 43.5 Å². The van der Waals surface area contributed by atoms with Crippen LogP contribution in [-0.4, -0.2) is 32.1 Å². The number of fused-ring (bicyclic) bond motifs is 1. The van der Waals surface area contributed by atoms with E-state index in [9.17, 15) is 17.6 Å². The second-order valence-corrected chi connectivity index (χ2v) is 10.3. The molecule has 1 aromatic heterocycles. The second-order valence-electron chi connectivity index (χ2n) is 7.36. The number of hydrogen-bond donors (Lipinski definition) is 1. The summed E-state index contributed by atoms with van der Waals surface area (Å²) in [7, 11) is -3.73. The first kappa shape index (κ1) is 21.9. The Balaban J connectivity index is 1.48. The molecule has 4 rings (SSSR count). The summed E-state index contributed by atoms with van der Waals surface area (Å²) in [5.41, 5.74) is 3.78. The Morgan fingerprint density at radius 1 is 1.06 bits per heavy atom.